The third-order valence-corrected chi connectivity index (χ3v) is 3.71. The van der Waals surface area contributed by atoms with Crippen LogP contribution in [-0.4, -0.2) is 37.0 Å². The summed E-state index contributed by atoms with van der Waals surface area (Å²) in [5.41, 5.74) is -0.354. The Hall–Kier alpha value is -1.13. The third kappa shape index (κ3) is 3.49. The second kappa shape index (κ2) is 7.04. The molecule has 0 aliphatic carbocycles. The van der Waals surface area contributed by atoms with E-state index in [1.54, 1.807) is 32.0 Å². The molecule has 3 nitrogen and oxygen atoms in total. The van der Waals surface area contributed by atoms with Crippen LogP contribution in [0.5, 0.6) is 0 Å². The van der Waals surface area contributed by atoms with Gasteiger partial charge in [0.05, 0.1) is 5.41 Å². The zero-order chi connectivity index (χ0) is 13.9. The Balaban J connectivity index is 0.00000200. The van der Waals surface area contributed by atoms with Gasteiger partial charge >= 0.3 is 0 Å². The van der Waals surface area contributed by atoms with Gasteiger partial charge in [-0.15, -0.1) is 12.4 Å². The standard InChI is InChI=1S/C15H21FN2O.ClH/c1-15(2,12-6-3-4-7-13(12)16)14(19)18-10-5-8-17-9-11-18;/h3-4,6-7,17H,5,8-11H2,1-2H3;1H. The average molecular weight is 301 g/mol. The van der Waals surface area contributed by atoms with Gasteiger partial charge in [-0.05, 0) is 32.9 Å². The molecule has 1 aliphatic rings. The molecule has 112 valence electrons. The highest BCUT2D eigenvalue weighted by molar-refractivity contribution is 5.87. The molecular weight excluding hydrogens is 279 g/mol. The fraction of sp³-hybridized carbons (Fsp3) is 0.533. The monoisotopic (exact) mass is 300 g/mol. The van der Waals surface area contributed by atoms with Gasteiger partial charge in [-0.3, -0.25) is 4.79 Å². The van der Waals surface area contributed by atoms with Gasteiger partial charge in [-0.1, -0.05) is 18.2 Å². The molecule has 0 spiro atoms. The number of carbonyl (C=O) groups is 1. The van der Waals surface area contributed by atoms with Crippen molar-refractivity contribution in [3.63, 3.8) is 0 Å². The van der Waals surface area contributed by atoms with Gasteiger partial charge in [0, 0.05) is 25.2 Å². The summed E-state index contributed by atoms with van der Waals surface area (Å²) in [5, 5.41) is 3.27. The van der Waals surface area contributed by atoms with Crippen molar-refractivity contribution in [2.45, 2.75) is 25.7 Å². The minimum atomic E-state index is -0.824. The quantitative estimate of drug-likeness (QED) is 0.909. The molecule has 1 N–H and O–H groups in total. The number of halogens is 2. The first-order chi connectivity index (χ1) is 9.03. The van der Waals surface area contributed by atoms with Crippen molar-refractivity contribution >= 4 is 18.3 Å². The number of hydrogen-bond donors (Lipinski definition) is 1. The van der Waals surface area contributed by atoms with E-state index in [1.807, 2.05) is 4.90 Å². The summed E-state index contributed by atoms with van der Waals surface area (Å²) >= 11 is 0. The van der Waals surface area contributed by atoms with Crippen LogP contribution in [0, 0.1) is 5.82 Å². The van der Waals surface area contributed by atoms with E-state index in [4.69, 9.17) is 0 Å². The molecular formula is C15H22ClFN2O. The maximum atomic E-state index is 13.9. The Morgan fingerprint density at radius 2 is 1.95 bits per heavy atom. The molecule has 1 aliphatic heterocycles. The molecule has 1 aromatic carbocycles. The molecule has 0 saturated carbocycles. The molecule has 1 fully saturated rings. The predicted molar refractivity (Wildman–Crippen MR) is 80.7 cm³/mol. The first kappa shape index (κ1) is 16.9. The van der Waals surface area contributed by atoms with Crippen molar-refractivity contribution in [1.82, 2.24) is 10.2 Å². The smallest absolute Gasteiger partial charge is 0.232 e. The summed E-state index contributed by atoms with van der Waals surface area (Å²) in [7, 11) is 0. The summed E-state index contributed by atoms with van der Waals surface area (Å²) in [4.78, 5) is 14.5. The third-order valence-electron chi connectivity index (χ3n) is 3.71. The lowest BCUT2D eigenvalue weighted by atomic mass is 9.82. The maximum Gasteiger partial charge on any atom is 0.232 e. The summed E-state index contributed by atoms with van der Waals surface area (Å²) in [6, 6.07) is 6.53. The fourth-order valence-electron chi connectivity index (χ4n) is 2.53. The zero-order valence-corrected chi connectivity index (χ0v) is 12.8. The highest BCUT2D eigenvalue weighted by atomic mass is 35.5. The van der Waals surface area contributed by atoms with Crippen molar-refractivity contribution < 1.29 is 9.18 Å². The van der Waals surface area contributed by atoms with Crippen molar-refractivity contribution in [3.8, 4) is 0 Å². The van der Waals surface area contributed by atoms with Crippen LogP contribution in [0.25, 0.3) is 0 Å². The molecule has 20 heavy (non-hydrogen) atoms. The molecule has 1 saturated heterocycles. The Morgan fingerprint density at radius 1 is 1.25 bits per heavy atom. The Kier molecular flexibility index (Phi) is 5.96. The lowest BCUT2D eigenvalue weighted by Crippen LogP contribution is -2.45. The molecule has 0 bridgehead atoms. The number of amides is 1. The van der Waals surface area contributed by atoms with Gasteiger partial charge in [0.2, 0.25) is 5.91 Å². The van der Waals surface area contributed by atoms with Gasteiger partial charge in [0.25, 0.3) is 0 Å². The fourth-order valence-corrected chi connectivity index (χ4v) is 2.53. The number of hydrogen-bond acceptors (Lipinski definition) is 2. The van der Waals surface area contributed by atoms with Crippen LogP contribution in [0.15, 0.2) is 24.3 Å². The Labute approximate surface area is 125 Å². The van der Waals surface area contributed by atoms with Gasteiger partial charge in [0.15, 0.2) is 0 Å². The van der Waals surface area contributed by atoms with Crippen LogP contribution in [0.1, 0.15) is 25.8 Å². The van der Waals surface area contributed by atoms with Crippen molar-refractivity contribution in [1.29, 1.82) is 0 Å². The van der Waals surface area contributed by atoms with Crippen LogP contribution < -0.4 is 5.32 Å². The number of nitrogens with one attached hydrogen (secondary N) is 1. The average Bonchev–Trinajstić information content (AvgIpc) is 2.67. The van der Waals surface area contributed by atoms with Gasteiger partial charge in [-0.2, -0.15) is 0 Å². The Bertz CT molecular complexity index is 457. The summed E-state index contributed by atoms with van der Waals surface area (Å²) in [5.74, 6) is -0.310. The SMILES string of the molecule is CC(C)(C(=O)N1CCCNCC1)c1ccccc1F.Cl. The maximum absolute atomic E-state index is 13.9. The highest BCUT2D eigenvalue weighted by Gasteiger charge is 2.35. The second-order valence-electron chi connectivity index (χ2n) is 5.50. The molecule has 0 atom stereocenters. The van der Waals surface area contributed by atoms with Gasteiger partial charge in [-0.25, -0.2) is 4.39 Å². The minimum absolute atomic E-state index is 0. The van der Waals surface area contributed by atoms with Gasteiger partial charge in [0.1, 0.15) is 5.82 Å². The molecule has 1 heterocycles. The summed E-state index contributed by atoms with van der Waals surface area (Å²) in [6.45, 7) is 6.77. The molecule has 0 unspecified atom stereocenters. The minimum Gasteiger partial charge on any atom is -0.341 e. The molecule has 2 rings (SSSR count). The topological polar surface area (TPSA) is 32.3 Å². The number of benzene rings is 1. The highest BCUT2D eigenvalue weighted by Crippen LogP contribution is 2.28. The number of carbonyl (C=O) groups excluding carboxylic acids is 1. The first-order valence-corrected chi connectivity index (χ1v) is 6.78. The van der Waals surface area contributed by atoms with E-state index in [2.05, 4.69) is 5.32 Å². The van der Waals surface area contributed by atoms with E-state index < -0.39 is 5.41 Å². The van der Waals surface area contributed by atoms with Crippen molar-refractivity contribution in [2.75, 3.05) is 26.2 Å². The van der Waals surface area contributed by atoms with Crippen LogP contribution in [-0.2, 0) is 10.2 Å². The Morgan fingerprint density at radius 3 is 2.65 bits per heavy atom. The van der Waals surface area contributed by atoms with Crippen LogP contribution in [0.3, 0.4) is 0 Å². The molecule has 5 heteroatoms. The van der Waals surface area contributed by atoms with E-state index in [9.17, 15) is 9.18 Å². The van der Waals surface area contributed by atoms with E-state index in [-0.39, 0.29) is 24.1 Å². The molecule has 1 aromatic rings. The predicted octanol–water partition coefficient (Wildman–Crippen LogP) is 2.35. The van der Waals surface area contributed by atoms with Crippen molar-refractivity contribution in [2.24, 2.45) is 0 Å². The van der Waals surface area contributed by atoms with E-state index >= 15 is 0 Å². The van der Waals surface area contributed by atoms with Crippen LogP contribution in [0.4, 0.5) is 4.39 Å². The van der Waals surface area contributed by atoms with Gasteiger partial charge < -0.3 is 10.2 Å². The van der Waals surface area contributed by atoms with E-state index in [0.717, 1.165) is 26.1 Å². The molecule has 1 amide bonds. The molecule has 0 radical (unpaired) electrons. The summed E-state index contributed by atoms with van der Waals surface area (Å²) in [6.07, 6.45) is 0.944. The lowest BCUT2D eigenvalue weighted by molar-refractivity contribution is -0.136. The van der Waals surface area contributed by atoms with Crippen LogP contribution in [0.2, 0.25) is 0 Å². The lowest BCUT2D eigenvalue weighted by Gasteiger charge is -2.31. The molecule has 0 aromatic heterocycles. The number of nitrogens with zero attached hydrogens (tertiary/aromatic N) is 1. The van der Waals surface area contributed by atoms with E-state index in [1.165, 1.54) is 6.07 Å². The van der Waals surface area contributed by atoms with Crippen molar-refractivity contribution in [3.05, 3.63) is 35.6 Å². The first-order valence-electron chi connectivity index (χ1n) is 6.78. The number of rotatable bonds is 2. The van der Waals surface area contributed by atoms with Crippen LogP contribution >= 0.6 is 12.4 Å². The zero-order valence-electron chi connectivity index (χ0n) is 12.0. The summed E-state index contributed by atoms with van der Waals surface area (Å²) < 4.78 is 13.9. The second-order valence-corrected chi connectivity index (χ2v) is 5.50. The van der Waals surface area contributed by atoms with E-state index in [0.29, 0.717) is 12.1 Å². The normalized spacial score (nSPS) is 16.2. The largest absolute Gasteiger partial charge is 0.341 e.